The van der Waals surface area contributed by atoms with Crippen molar-refractivity contribution < 1.29 is 66.5 Å². The molecule has 3 aromatic heterocycles. The zero-order valence-corrected chi connectivity index (χ0v) is 59.8. The Labute approximate surface area is 578 Å². The van der Waals surface area contributed by atoms with Gasteiger partial charge in [0.15, 0.2) is 68.1 Å². The Hall–Kier alpha value is -7.92. The molecule has 21 heteroatoms. The lowest BCUT2D eigenvalue weighted by Gasteiger charge is -2.55. The molecule has 7 aliphatic heterocycles. The van der Waals surface area contributed by atoms with Crippen LogP contribution in [0.5, 0.6) is 34.5 Å². The summed E-state index contributed by atoms with van der Waals surface area (Å²) in [6, 6.07) is 16.8. The summed E-state index contributed by atoms with van der Waals surface area (Å²) in [4.78, 5) is 77.1. The third-order valence-corrected chi connectivity index (χ3v) is 21.7. The zero-order valence-electron chi connectivity index (χ0n) is 59.8. The van der Waals surface area contributed by atoms with E-state index >= 15 is 0 Å². The largest absolute Gasteiger partial charge is 0.493 e. The van der Waals surface area contributed by atoms with Gasteiger partial charge in [-0.3, -0.25) is 28.8 Å². The monoisotopic (exact) mass is 1360 g/mol. The minimum atomic E-state index is -0.459. The van der Waals surface area contributed by atoms with Crippen LogP contribution >= 0.6 is 0 Å². The fourth-order valence-electron chi connectivity index (χ4n) is 16.6. The standard InChI is InChI=1S/C29H36N2O5.C25H31NO6.C24H29NO6/c1-18(32)22-13-31-23(12-24(22)33)21-11-25(34-4)26(10-20(21)19-6-7-28(2,3)27(19)31)36-9-5-8-30-14-29(15-30)16-35-17-29;1-15(27)18-14-26-19(13-20(18)28)16-11-21(30-5)22(31-9-6-8-29-4)12-17(16)23-24(26)25(2,3)7-10-32-23;1-14(26)17-12-25-19(11-20(17)27)16-10-21(29-5)22(30-8-6-7-28-4)9-15(16)18-13-31-24(2,3)23(18)25/h10-13,19,27H,5-9,14-17H2,1-4H3;11-14,23-24H,6-10H2,1-5H3;9-12,18,23H,6-8,13H2,1-5H3/t19-,27+;23-,24+;18-,23+/m111/s1. The summed E-state index contributed by atoms with van der Waals surface area (Å²) in [7, 11) is 8.19. The van der Waals surface area contributed by atoms with Crippen LogP contribution in [-0.4, -0.2) is 156 Å². The first-order valence-corrected chi connectivity index (χ1v) is 34.7. The summed E-state index contributed by atoms with van der Waals surface area (Å²) in [6.07, 6.45) is 10.5. The number of methoxy groups -OCH3 is 5. The first kappa shape index (κ1) is 70.9. The summed E-state index contributed by atoms with van der Waals surface area (Å²) in [5.74, 6) is 3.62. The van der Waals surface area contributed by atoms with E-state index in [1.54, 1.807) is 72.3 Å². The second-order valence-corrected chi connectivity index (χ2v) is 29.8. The average Bonchev–Trinajstić information content (AvgIpc) is 1.69. The number of pyridine rings is 3. The number of ketones is 3. The van der Waals surface area contributed by atoms with E-state index in [9.17, 15) is 28.8 Å². The number of carbonyl (C=O) groups is 3. The second kappa shape index (κ2) is 28.2. The van der Waals surface area contributed by atoms with Gasteiger partial charge >= 0.3 is 0 Å². The number of likely N-dealkylation sites (tertiary alicyclic amines) is 1. The molecule has 21 nitrogen and oxygen atoms in total. The highest BCUT2D eigenvalue weighted by Crippen LogP contribution is 2.61. The predicted molar refractivity (Wildman–Crippen MR) is 375 cm³/mol. The molecule has 10 heterocycles. The van der Waals surface area contributed by atoms with Crippen molar-refractivity contribution in [2.45, 2.75) is 143 Å². The van der Waals surface area contributed by atoms with Crippen LogP contribution in [0.1, 0.15) is 185 Å². The molecule has 0 amide bonds. The van der Waals surface area contributed by atoms with Crippen molar-refractivity contribution in [3.8, 4) is 68.3 Å². The third-order valence-electron chi connectivity index (χ3n) is 21.7. The molecule has 0 radical (unpaired) electrons. The molecular weight excluding hydrogens is 1260 g/mol. The number of rotatable bonds is 21. The number of hydrogen-bond donors (Lipinski definition) is 0. The number of carbonyl (C=O) groups excluding carboxylic acids is 3. The average molecular weight is 1360 g/mol. The maximum atomic E-state index is 12.8. The van der Waals surface area contributed by atoms with Crippen molar-refractivity contribution >= 4 is 17.3 Å². The van der Waals surface area contributed by atoms with E-state index in [0.29, 0.717) is 86.3 Å². The molecule has 3 aromatic carbocycles. The summed E-state index contributed by atoms with van der Waals surface area (Å²) in [5.41, 5.74) is 8.17. The van der Waals surface area contributed by atoms with Crippen LogP contribution in [0.15, 0.2) is 87.6 Å². The minimum absolute atomic E-state index is 0.0429. The van der Waals surface area contributed by atoms with Crippen molar-refractivity contribution in [2.75, 3.05) is 115 Å². The highest BCUT2D eigenvalue weighted by Gasteiger charge is 2.52. The number of nitrogens with zero attached hydrogens (tertiary/aromatic N) is 4. The van der Waals surface area contributed by atoms with Crippen LogP contribution in [-0.2, 0) is 23.7 Å². The van der Waals surface area contributed by atoms with Gasteiger partial charge in [-0.15, -0.1) is 0 Å². The van der Waals surface area contributed by atoms with E-state index in [4.69, 9.17) is 52.1 Å². The molecule has 8 aliphatic rings. The maximum absolute atomic E-state index is 12.8. The molecule has 530 valence electrons. The summed E-state index contributed by atoms with van der Waals surface area (Å²) >= 11 is 0. The molecule has 0 unspecified atom stereocenters. The van der Waals surface area contributed by atoms with E-state index in [1.807, 2.05) is 48.7 Å². The van der Waals surface area contributed by atoms with E-state index in [1.165, 1.54) is 26.3 Å². The van der Waals surface area contributed by atoms with Crippen molar-refractivity contribution in [2.24, 2.45) is 16.2 Å². The first-order valence-electron chi connectivity index (χ1n) is 34.7. The Morgan fingerprint density at radius 2 is 0.919 bits per heavy atom. The number of ether oxygens (including phenoxy) is 11. The van der Waals surface area contributed by atoms with Crippen LogP contribution in [0.25, 0.3) is 33.8 Å². The number of aromatic nitrogens is 3. The fourth-order valence-corrected chi connectivity index (χ4v) is 16.6. The van der Waals surface area contributed by atoms with Gasteiger partial charge in [-0.25, -0.2) is 0 Å². The van der Waals surface area contributed by atoms with Crippen LogP contribution in [0, 0.1) is 16.2 Å². The molecule has 99 heavy (non-hydrogen) atoms. The Bertz CT molecular complexity index is 4280. The summed E-state index contributed by atoms with van der Waals surface area (Å²) in [6.45, 7) is 26.6. The molecule has 0 bridgehead atoms. The maximum Gasteiger partial charge on any atom is 0.192 e. The van der Waals surface area contributed by atoms with E-state index in [-0.39, 0.29) is 91.3 Å². The van der Waals surface area contributed by atoms with E-state index in [2.05, 4.69) is 47.8 Å². The van der Waals surface area contributed by atoms with Crippen LogP contribution in [0.3, 0.4) is 0 Å². The molecular formula is C78H96N4O17. The fraction of sp³-hybridized carbons (Fsp3) is 0.538. The molecule has 14 rings (SSSR count). The predicted octanol–water partition coefficient (Wildman–Crippen LogP) is 12.1. The van der Waals surface area contributed by atoms with Gasteiger partial charge in [0.2, 0.25) is 0 Å². The lowest BCUT2D eigenvalue weighted by atomic mass is 9.72. The highest BCUT2D eigenvalue weighted by atomic mass is 16.5. The Balaban J connectivity index is 0.000000142. The van der Waals surface area contributed by atoms with Gasteiger partial charge < -0.3 is 70.7 Å². The third kappa shape index (κ3) is 13.4. The SMILES string of the molecule is COCCCOc1cc2c(cc1OC)-c1cc(=O)c(C(C)=O)cn1[C@H]1[C@@H]2COC1(C)C.COCCCOc1cc2c(cc1OC)-c1cc(=O)c(C(C)=O)cn1[C@H]1[C@@H]2OCCC1(C)C.COc1cc2c(cc1OCCCN1CC3(COC3)C1)[C@H]1CCC(C)(C)[C@H]1n1cc(C(C)=O)c(=O)cc1-2. The molecule has 1 aliphatic carbocycles. The van der Waals surface area contributed by atoms with Crippen LogP contribution < -0.4 is 44.7 Å². The van der Waals surface area contributed by atoms with Crippen molar-refractivity contribution in [3.63, 3.8) is 0 Å². The zero-order chi connectivity index (χ0) is 70.6. The second-order valence-electron chi connectivity index (χ2n) is 29.8. The minimum Gasteiger partial charge on any atom is -0.493 e. The first-order chi connectivity index (χ1) is 47.3. The Morgan fingerprint density at radius 3 is 1.36 bits per heavy atom. The van der Waals surface area contributed by atoms with Gasteiger partial charge in [-0.2, -0.15) is 0 Å². The number of benzene rings is 3. The molecule has 6 aromatic rings. The molecule has 1 spiro atoms. The van der Waals surface area contributed by atoms with Crippen LogP contribution in [0.4, 0.5) is 0 Å². The number of hydrogen-bond acceptors (Lipinski definition) is 18. The number of Topliss-reactive ketones (excluding diaryl/α,β-unsaturated/α-hetero) is 3. The molecule has 5 fully saturated rings. The van der Waals surface area contributed by atoms with E-state index in [0.717, 1.165) is 122 Å². The van der Waals surface area contributed by atoms with Gasteiger partial charge in [0.05, 0.1) is 112 Å². The smallest absolute Gasteiger partial charge is 0.192 e. The molecule has 1 saturated carbocycles. The molecule has 4 saturated heterocycles. The topological polar surface area (TPSA) is 222 Å². The highest BCUT2D eigenvalue weighted by molar-refractivity contribution is 5.95. The molecule has 6 atom stereocenters. The van der Waals surface area contributed by atoms with Crippen molar-refractivity contribution in [1.29, 1.82) is 0 Å². The van der Waals surface area contributed by atoms with E-state index < -0.39 is 5.60 Å². The number of fused-ring (bicyclic) bond motifs is 18. The van der Waals surface area contributed by atoms with Crippen molar-refractivity contribution in [3.05, 3.63) is 137 Å². The lowest BCUT2D eigenvalue weighted by molar-refractivity contribution is -0.189. The summed E-state index contributed by atoms with van der Waals surface area (Å²) in [5, 5.41) is 0. The Morgan fingerprint density at radius 1 is 0.495 bits per heavy atom. The lowest BCUT2D eigenvalue weighted by Crippen LogP contribution is -2.65. The van der Waals surface area contributed by atoms with Gasteiger partial charge in [0.1, 0.15) is 6.10 Å². The summed E-state index contributed by atoms with van der Waals surface area (Å²) < 4.78 is 69.6. The van der Waals surface area contributed by atoms with Gasteiger partial charge in [0, 0.05) is 143 Å². The van der Waals surface area contributed by atoms with Gasteiger partial charge in [0.25, 0.3) is 0 Å². The normalized spacial score (nSPS) is 22.1. The van der Waals surface area contributed by atoms with Gasteiger partial charge in [-0.05, 0) is 124 Å². The van der Waals surface area contributed by atoms with Crippen molar-refractivity contribution in [1.82, 2.24) is 18.6 Å². The molecule has 0 N–H and O–H groups in total. The van der Waals surface area contributed by atoms with Gasteiger partial charge in [-0.1, -0.05) is 27.7 Å². The quantitative estimate of drug-likeness (QED) is 0.0483. The Kier molecular flexibility index (Phi) is 20.2. The van der Waals surface area contributed by atoms with Crippen LogP contribution in [0.2, 0.25) is 0 Å².